The van der Waals surface area contributed by atoms with Gasteiger partial charge in [0, 0.05) is 0 Å². The van der Waals surface area contributed by atoms with Crippen LogP contribution in [0.4, 0.5) is 0 Å². The van der Waals surface area contributed by atoms with E-state index in [0.717, 1.165) is 28.0 Å². The lowest BCUT2D eigenvalue weighted by atomic mass is 10.1. The van der Waals surface area contributed by atoms with Crippen molar-refractivity contribution < 1.29 is 9.47 Å². The minimum Gasteiger partial charge on any atom is -0.490 e. The lowest BCUT2D eigenvalue weighted by Crippen LogP contribution is -2.05. The van der Waals surface area contributed by atoms with Gasteiger partial charge in [0.05, 0.1) is 11.1 Å². The molecule has 2 N–H and O–H groups in total. The first-order valence-electron chi connectivity index (χ1n) is 6.50. The topological polar surface area (TPSA) is 44.5 Å². The van der Waals surface area contributed by atoms with E-state index in [1.54, 1.807) is 0 Å². The van der Waals surface area contributed by atoms with Crippen molar-refractivity contribution in [2.75, 3.05) is 19.8 Å². The number of hydrogen-bond donors (Lipinski definition) is 1. The monoisotopic (exact) mass is 327 g/mol. The molecule has 0 saturated carbocycles. The van der Waals surface area contributed by atoms with E-state index in [4.69, 9.17) is 15.2 Å². The fourth-order valence-electron chi connectivity index (χ4n) is 1.63. The fourth-order valence-corrected chi connectivity index (χ4v) is 2.23. The van der Waals surface area contributed by atoms with E-state index in [9.17, 15) is 0 Å². The van der Waals surface area contributed by atoms with Crippen LogP contribution in [0.3, 0.4) is 0 Å². The number of nitrogens with two attached hydrogens (primary N) is 1. The zero-order valence-electron chi connectivity index (χ0n) is 11.8. The fraction of sp³-hybridized carbons (Fsp3) is 0.467. The van der Waals surface area contributed by atoms with Gasteiger partial charge < -0.3 is 15.2 Å². The molecule has 0 heterocycles. The first-order chi connectivity index (χ1) is 9.08. The van der Waals surface area contributed by atoms with E-state index >= 15 is 0 Å². The molecule has 1 aromatic rings. The largest absolute Gasteiger partial charge is 0.490 e. The molecule has 3 nitrogen and oxygen atoms in total. The molecule has 0 aliphatic rings. The molecule has 0 aliphatic heterocycles. The van der Waals surface area contributed by atoms with Gasteiger partial charge in [0.1, 0.15) is 6.61 Å². The Bertz CT molecular complexity index is 440. The van der Waals surface area contributed by atoms with Crippen molar-refractivity contribution in [3.63, 3.8) is 0 Å². The van der Waals surface area contributed by atoms with Gasteiger partial charge in [-0.05, 0) is 73.4 Å². The molecule has 1 rings (SSSR count). The Hall–Kier alpha value is -1.00. The standard InChI is InChI=1S/C15H22BrNO2/c1-4-18-14-10-12(5-7-17)9-13(16)15(14)19-8-6-11(2)3/h6,9-10H,4-5,7-8,17H2,1-3H3. The average Bonchev–Trinajstić information content (AvgIpc) is 2.33. The minimum absolute atomic E-state index is 0.539. The zero-order chi connectivity index (χ0) is 14.3. The molecule has 1 aromatic carbocycles. The molecule has 19 heavy (non-hydrogen) atoms. The molecule has 0 spiro atoms. The van der Waals surface area contributed by atoms with Gasteiger partial charge in [0.25, 0.3) is 0 Å². The molecule has 0 saturated heterocycles. The first kappa shape index (κ1) is 16.1. The highest BCUT2D eigenvalue weighted by molar-refractivity contribution is 9.10. The van der Waals surface area contributed by atoms with E-state index in [1.165, 1.54) is 5.57 Å². The van der Waals surface area contributed by atoms with Crippen molar-refractivity contribution in [3.8, 4) is 11.5 Å². The number of halogens is 1. The lowest BCUT2D eigenvalue weighted by molar-refractivity contribution is 0.295. The number of benzene rings is 1. The van der Waals surface area contributed by atoms with Crippen LogP contribution in [0.5, 0.6) is 11.5 Å². The normalized spacial score (nSPS) is 10.2. The highest BCUT2D eigenvalue weighted by Crippen LogP contribution is 2.37. The van der Waals surface area contributed by atoms with Gasteiger partial charge in [-0.25, -0.2) is 0 Å². The second-order valence-electron chi connectivity index (χ2n) is 4.47. The van der Waals surface area contributed by atoms with Crippen LogP contribution in [0.1, 0.15) is 26.3 Å². The summed E-state index contributed by atoms with van der Waals surface area (Å²) in [6.45, 7) is 7.83. The maximum atomic E-state index is 5.78. The zero-order valence-corrected chi connectivity index (χ0v) is 13.4. The summed E-state index contributed by atoms with van der Waals surface area (Å²) in [6, 6.07) is 4.03. The van der Waals surface area contributed by atoms with Crippen LogP contribution < -0.4 is 15.2 Å². The van der Waals surface area contributed by atoms with Crippen LogP contribution in [0.15, 0.2) is 28.3 Å². The SMILES string of the molecule is CCOc1cc(CCN)cc(Br)c1OCC=C(C)C. The van der Waals surface area contributed by atoms with Crippen molar-refractivity contribution in [1.82, 2.24) is 0 Å². The van der Waals surface area contributed by atoms with Crippen molar-refractivity contribution in [2.24, 2.45) is 5.73 Å². The molecule has 0 bridgehead atoms. The van der Waals surface area contributed by atoms with Gasteiger partial charge in [-0.1, -0.05) is 5.57 Å². The van der Waals surface area contributed by atoms with Gasteiger partial charge >= 0.3 is 0 Å². The summed E-state index contributed by atoms with van der Waals surface area (Å²) in [6.07, 6.45) is 2.86. The smallest absolute Gasteiger partial charge is 0.175 e. The van der Waals surface area contributed by atoms with Crippen molar-refractivity contribution in [2.45, 2.75) is 27.2 Å². The van der Waals surface area contributed by atoms with Crippen LogP contribution in [-0.2, 0) is 6.42 Å². The maximum Gasteiger partial charge on any atom is 0.175 e. The summed E-state index contributed by atoms with van der Waals surface area (Å²) in [5.74, 6) is 1.52. The van der Waals surface area contributed by atoms with E-state index in [0.29, 0.717) is 19.8 Å². The molecule has 4 heteroatoms. The Morgan fingerprint density at radius 2 is 2.05 bits per heavy atom. The number of hydrogen-bond acceptors (Lipinski definition) is 3. The molecule has 0 unspecified atom stereocenters. The van der Waals surface area contributed by atoms with Gasteiger partial charge in [-0.3, -0.25) is 0 Å². The Labute approximate surface area is 123 Å². The predicted molar refractivity (Wildman–Crippen MR) is 83.0 cm³/mol. The summed E-state index contributed by atoms with van der Waals surface area (Å²) < 4.78 is 12.3. The van der Waals surface area contributed by atoms with E-state index < -0.39 is 0 Å². The molecule has 0 fully saturated rings. The summed E-state index contributed by atoms with van der Waals surface area (Å²) in [5.41, 5.74) is 7.97. The predicted octanol–water partition coefficient (Wildman–Crippen LogP) is 3.69. The molecule has 0 atom stereocenters. The second-order valence-corrected chi connectivity index (χ2v) is 5.32. The van der Waals surface area contributed by atoms with Gasteiger partial charge in [0.2, 0.25) is 0 Å². The van der Waals surface area contributed by atoms with Crippen LogP contribution in [-0.4, -0.2) is 19.8 Å². The maximum absolute atomic E-state index is 5.78. The number of ether oxygens (including phenoxy) is 2. The molecular formula is C15H22BrNO2. The van der Waals surface area contributed by atoms with Crippen molar-refractivity contribution in [1.29, 1.82) is 0 Å². The minimum atomic E-state index is 0.539. The summed E-state index contributed by atoms with van der Waals surface area (Å²) in [7, 11) is 0. The molecule has 0 aliphatic carbocycles. The van der Waals surface area contributed by atoms with Crippen LogP contribution in [0, 0.1) is 0 Å². The third-order valence-corrected chi connectivity index (χ3v) is 3.11. The Balaban J connectivity index is 2.96. The van der Waals surface area contributed by atoms with E-state index in [2.05, 4.69) is 15.9 Å². The molecule has 106 valence electrons. The Morgan fingerprint density at radius 3 is 2.63 bits per heavy atom. The lowest BCUT2D eigenvalue weighted by Gasteiger charge is -2.14. The van der Waals surface area contributed by atoms with Crippen molar-refractivity contribution >= 4 is 15.9 Å². The summed E-state index contributed by atoms with van der Waals surface area (Å²) in [5, 5.41) is 0. The van der Waals surface area contributed by atoms with Crippen LogP contribution >= 0.6 is 15.9 Å². The second kappa shape index (κ2) is 8.23. The quantitative estimate of drug-likeness (QED) is 0.776. The van der Waals surface area contributed by atoms with Gasteiger partial charge in [0.15, 0.2) is 11.5 Å². The van der Waals surface area contributed by atoms with Crippen molar-refractivity contribution in [3.05, 3.63) is 33.8 Å². The molecule has 0 amide bonds. The van der Waals surface area contributed by atoms with Crippen LogP contribution in [0.2, 0.25) is 0 Å². The third-order valence-electron chi connectivity index (χ3n) is 2.52. The molecular weight excluding hydrogens is 306 g/mol. The summed E-state index contributed by atoms with van der Waals surface area (Å²) >= 11 is 3.54. The van der Waals surface area contributed by atoms with Crippen LogP contribution in [0.25, 0.3) is 0 Å². The highest BCUT2D eigenvalue weighted by Gasteiger charge is 2.11. The van der Waals surface area contributed by atoms with Gasteiger partial charge in [-0.2, -0.15) is 0 Å². The van der Waals surface area contributed by atoms with E-state index in [1.807, 2.05) is 39.0 Å². The summed E-state index contributed by atoms with van der Waals surface area (Å²) in [4.78, 5) is 0. The van der Waals surface area contributed by atoms with E-state index in [-0.39, 0.29) is 0 Å². The highest BCUT2D eigenvalue weighted by atomic mass is 79.9. The number of rotatable bonds is 7. The molecule has 0 radical (unpaired) electrons. The number of allylic oxidation sites excluding steroid dienone is 1. The molecule has 0 aromatic heterocycles. The Morgan fingerprint density at radius 1 is 1.32 bits per heavy atom. The Kier molecular flexibility index (Phi) is 6.95. The third kappa shape index (κ3) is 5.25. The first-order valence-corrected chi connectivity index (χ1v) is 7.29. The van der Waals surface area contributed by atoms with Gasteiger partial charge in [-0.15, -0.1) is 0 Å². The average molecular weight is 328 g/mol.